The molecule has 2 heterocycles. The summed E-state index contributed by atoms with van der Waals surface area (Å²) in [6.45, 7) is 3.66. The van der Waals surface area contributed by atoms with Gasteiger partial charge in [0, 0.05) is 23.0 Å². The van der Waals surface area contributed by atoms with Crippen LogP contribution in [-0.2, 0) is 20.7 Å². The van der Waals surface area contributed by atoms with E-state index in [0.29, 0.717) is 23.4 Å². The van der Waals surface area contributed by atoms with Crippen LogP contribution in [0, 0.1) is 23.1 Å². The standard InChI is InChI=1S/C23H21FN4O5S/c1-10(2)3-4-11-7-12(24)8-13-17(11)27-23(32)16(18(13)30)22-26-14-9-15(29)20(33-6-5-25)19(31)21(14)34-28-22/h7-8,10,20H,3-4,6,9H2,1-2H3,(H,26,28)(H2,27,30,32). The second kappa shape index (κ2) is 9.40. The summed E-state index contributed by atoms with van der Waals surface area (Å²) >= 11 is 0.740. The van der Waals surface area contributed by atoms with Crippen LogP contribution in [0.2, 0.25) is 0 Å². The summed E-state index contributed by atoms with van der Waals surface area (Å²) in [5, 5.41) is 22.5. The molecule has 34 heavy (non-hydrogen) atoms. The number of fused-ring (bicyclic) bond motifs is 1. The highest BCUT2D eigenvalue weighted by Gasteiger charge is 2.40. The van der Waals surface area contributed by atoms with Gasteiger partial charge in [-0.15, -0.1) is 0 Å². The van der Waals surface area contributed by atoms with E-state index in [0.717, 1.165) is 24.4 Å². The molecular formula is C23H21FN4O5S. The van der Waals surface area contributed by atoms with Gasteiger partial charge in [-0.2, -0.15) is 9.66 Å². The Morgan fingerprint density at radius 3 is 2.82 bits per heavy atom. The molecular weight excluding hydrogens is 463 g/mol. The number of benzene rings is 1. The fourth-order valence-corrected chi connectivity index (χ4v) is 4.64. The Bertz CT molecular complexity index is 1370. The number of ether oxygens (including phenoxy) is 1. The van der Waals surface area contributed by atoms with Gasteiger partial charge in [0.15, 0.2) is 17.7 Å². The first-order valence-corrected chi connectivity index (χ1v) is 11.4. The SMILES string of the molecule is CC(C)CCc1cc(F)cc2c(O)c(C3=NSC4=C(CC(=O)C(OCC#N)C4=O)N3)c(=O)[nH]c12. The normalized spacial score (nSPS) is 18.1. The number of pyridine rings is 1. The third kappa shape index (κ3) is 4.34. The minimum absolute atomic E-state index is 0.0608. The average molecular weight is 485 g/mol. The van der Waals surface area contributed by atoms with Gasteiger partial charge in [0.1, 0.15) is 23.7 Å². The number of Topliss-reactive ketones (excluding diaryl/α,β-unsaturated/α-hetero) is 2. The minimum Gasteiger partial charge on any atom is -0.506 e. The summed E-state index contributed by atoms with van der Waals surface area (Å²) in [4.78, 5) is 40.8. The van der Waals surface area contributed by atoms with Crippen LogP contribution in [0.25, 0.3) is 10.9 Å². The van der Waals surface area contributed by atoms with Gasteiger partial charge >= 0.3 is 0 Å². The van der Waals surface area contributed by atoms with Gasteiger partial charge in [-0.3, -0.25) is 14.4 Å². The zero-order valence-electron chi connectivity index (χ0n) is 18.4. The summed E-state index contributed by atoms with van der Waals surface area (Å²) < 4.78 is 23.5. The number of allylic oxidation sites excluding steroid dienone is 1. The molecule has 0 amide bonds. The van der Waals surface area contributed by atoms with E-state index in [4.69, 9.17) is 10.00 Å². The number of rotatable bonds is 6. The highest BCUT2D eigenvalue weighted by molar-refractivity contribution is 8.03. The lowest BCUT2D eigenvalue weighted by atomic mass is 9.97. The van der Waals surface area contributed by atoms with Crippen LogP contribution in [0.4, 0.5) is 4.39 Å². The van der Waals surface area contributed by atoms with Crippen LogP contribution in [-0.4, -0.2) is 40.2 Å². The smallest absolute Gasteiger partial charge is 0.263 e. The van der Waals surface area contributed by atoms with Crippen LogP contribution >= 0.6 is 11.9 Å². The lowest BCUT2D eigenvalue weighted by Gasteiger charge is -2.27. The second-order valence-corrected chi connectivity index (χ2v) is 9.19. The Balaban J connectivity index is 1.71. The van der Waals surface area contributed by atoms with Crippen LogP contribution in [0.15, 0.2) is 31.9 Å². The summed E-state index contributed by atoms with van der Waals surface area (Å²) in [6.07, 6.45) is -0.296. The van der Waals surface area contributed by atoms with E-state index in [2.05, 4.69) is 14.7 Å². The van der Waals surface area contributed by atoms with E-state index in [1.54, 1.807) is 6.07 Å². The maximum Gasteiger partial charge on any atom is 0.263 e. The van der Waals surface area contributed by atoms with Crippen molar-refractivity contribution in [3.63, 3.8) is 0 Å². The minimum atomic E-state index is -1.38. The van der Waals surface area contributed by atoms with Crippen molar-refractivity contribution in [3.8, 4) is 11.8 Å². The van der Waals surface area contributed by atoms with Crippen molar-refractivity contribution in [3.05, 3.63) is 50.0 Å². The maximum absolute atomic E-state index is 14.3. The molecule has 1 aromatic heterocycles. The molecule has 2 aliphatic rings. The number of amidine groups is 1. The number of hydrogen-bond donors (Lipinski definition) is 3. The largest absolute Gasteiger partial charge is 0.506 e. The molecule has 3 N–H and O–H groups in total. The summed E-state index contributed by atoms with van der Waals surface area (Å²) in [5.41, 5.74) is 0.263. The molecule has 0 radical (unpaired) electrons. The van der Waals surface area contributed by atoms with Crippen LogP contribution < -0.4 is 10.9 Å². The number of aromatic hydroxyl groups is 1. The Morgan fingerprint density at radius 2 is 2.12 bits per heavy atom. The molecule has 9 nitrogen and oxygen atoms in total. The number of aryl methyl sites for hydroxylation is 1. The molecule has 0 fully saturated rings. The zero-order chi connectivity index (χ0) is 24.6. The van der Waals surface area contributed by atoms with E-state index in [9.17, 15) is 23.9 Å². The first kappa shape index (κ1) is 23.7. The fraction of sp³-hybridized carbons (Fsp3) is 0.348. The first-order chi connectivity index (χ1) is 16.2. The molecule has 2 aromatic rings. The number of ketones is 2. The van der Waals surface area contributed by atoms with Crippen molar-refractivity contribution in [2.45, 2.75) is 39.2 Å². The quantitative estimate of drug-likeness (QED) is 0.419. The molecule has 4 rings (SSSR count). The topological polar surface area (TPSA) is 145 Å². The molecule has 0 saturated carbocycles. The second-order valence-electron chi connectivity index (χ2n) is 8.42. The van der Waals surface area contributed by atoms with Crippen molar-refractivity contribution < 1.29 is 23.8 Å². The van der Waals surface area contributed by atoms with Gasteiger partial charge in [0.25, 0.3) is 5.56 Å². The average Bonchev–Trinajstić information content (AvgIpc) is 2.78. The Hall–Kier alpha value is -3.49. The van der Waals surface area contributed by atoms with Crippen molar-refractivity contribution >= 4 is 40.3 Å². The van der Waals surface area contributed by atoms with Crippen LogP contribution in [0.1, 0.15) is 37.8 Å². The van der Waals surface area contributed by atoms with Gasteiger partial charge < -0.3 is 20.1 Å². The number of nitriles is 1. The zero-order valence-corrected chi connectivity index (χ0v) is 19.2. The Morgan fingerprint density at radius 1 is 1.35 bits per heavy atom. The Labute approximate surface area is 197 Å². The lowest BCUT2D eigenvalue weighted by Crippen LogP contribution is -2.43. The highest BCUT2D eigenvalue weighted by Crippen LogP contribution is 2.35. The van der Waals surface area contributed by atoms with E-state index in [-0.39, 0.29) is 33.8 Å². The van der Waals surface area contributed by atoms with Crippen molar-refractivity contribution in [2.24, 2.45) is 10.3 Å². The maximum atomic E-state index is 14.3. The van der Waals surface area contributed by atoms with Crippen LogP contribution in [0.5, 0.6) is 5.75 Å². The van der Waals surface area contributed by atoms with E-state index >= 15 is 0 Å². The number of aromatic nitrogens is 1. The molecule has 0 bridgehead atoms. The van der Waals surface area contributed by atoms with Gasteiger partial charge in [-0.25, -0.2) is 4.39 Å². The van der Waals surface area contributed by atoms with Gasteiger partial charge in [0.05, 0.1) is 22.9 Å². The molecule has 1 unspecified atom stereocenters. The van der Waals surface area contributed by atoms with Crippen molar-refractivity contribution in [1.29, 1.82) is 5.26 Å². The fourth-order valence-electron chi connectivity index (χ4n) is 3.89. The number of nitrogens with zero attached hydrogens (tertiary/aromatic N) is 2. The summed E-state index contributed by atoms with van der Waals surface area (Å²) in [7, 11) is 0. The molecule has 11 heteroatoms. The number of hydrogen-bond acceptors (Lipinski definition) is 9. The number of nitrogens with one attached hydrogen (secondary N) is 2. The number of carbonyl (C=O) groups is 2. The van der Waals surface area contributed by atoms with E-state index in [1.807, 2.05) is 13.8 Å². The lowest BCUT2D eigenvalue weighted by molar-refractivity contribution is -0.139. The van der Waals surface area contributed by atoms with Crippen molar-refractivity contribution in [1.82, 2.24) is 10.3 Å². The predicted molar refractivity (Wildman–Crippen MR) is 124 cm³/mol. The third-order valence-electron chi connectivity index (χ3n) is 5.56. The molecule has 0 spiro atoms. The molecule has 1 aromatic carbocycles. The number of H-pyrrole nitrogens is 1. The molecule has 1 atom stereocenters. The van der Waals surface area contributed by atoms with Crippen LogP contribution in [0.3, 0.4) is 0 Å². The predicted octanol–water partition coefficient (Wildman–Crippen LogP) is 2.62. The summed E-state index contributed by atoms with van der Waals surface area (Å²) in [6, 6.07) is 4.19. The van der Waals surface area contributed by atoms with Crippen molar-refractivity contribution in [2.75, 3.05) is 6.61 Å². The molecule has 0 saturated heterocycles. The molecule has 1 aliphatic carbocycles. The highest BCUT2D eigenvalue weighted by atomic mass is 32.2. The van der Waals surface area contributed by atoms with E-state index in [1.165, 1.54) is 6.07 Å². The number of halogens is 1. The summed E-state index contributed by atoms with van der Waals surface area (Å²) in [5.74, 6) is -1.87. The third-order valence-corrected chi connectivity index (χ3v) is 6.47. The first-order valence-electron chi connectivity index (χ1n) is 10.6. The van der Waals surface area contributed by atoms with Gasteiger partial charge in [0.2, 0.25) is 5.78 Å². The molecule has 1 aliphatic heterocycles. The van der Waals surface area contributed by atoms with E-state index < -0.39 is 41.4 Å². The van der Waals surface area contributed by atoms with Gasteiger partial charge in [-0.1, -0.05) is 13.8 Å². The number of aromatic amines is 1. The molecule has 176 valence electrons. The van der Waals surface area contributed by atoms with Gasteiger partial charge in [-0.05, 0) is 36.5 Å². The monoisotopic (exact) mass is 484 g/mol. The number of carbonyl (C=O) groups excluding carboxylic acids is 2. The Kier molecular flexibility index (Phi) is 6.54.